The van der Waals surface area contributed by atoms with Gasteiger partial charge in [-0.2, -0.15) is 0 Å². The number of likely N-dealkylation sites (tertiary alicyclic amines) is 1. The molecule has 146 valence electrons. The van der Waals surface area contributed by atoms with Crippen LogP contribution in [0.25, 0.3) is 0 Å². The van der Waals surface area contributed by atoms with E-state index in [1.54, 1.807) is 0 Å². The van der Waals surface area contributed by atoms with Crippen molar-refractivity contribution in [1.82, 2.24) is 10.2 Å². The van der Waals surface area contributed by atoms with Crippen LogP contribution in [0.3, 0.4) is 0 Å². The molecule has 2 aromatic carbocycles. The van der Waals surface area contributed by atoms with E-state index in [1.807, 2.05) is 6.07 Å². The summed E-state index contributed by atoms with van der Waals surface area (Å²) in [5.74, 6) is 0.933. The third-order valence-corrected chi connectivity index (χ3v) is 7.62. The summed E-state index contributed by atoms with van der Waals surface area (Å²) in [6.07, 6.45) is 5.50. The van der Waals surface area contributed by atoms with Gasteiger partial charge >= 0.3 is 0 Å². The van der Waals surface area contributed by atoms with Crippen LogP contribution >= 0.6 is 0 Å². The molecule has 1 amide bonds. The van der Waals surface area contributed by atoms with Crippen LogP contribution in [0.1, 0.15) is 49.1 Å². The fourth-order valence-electron chi connectivity index (χ4n) is 5.70. The molecule has 1 saturated carbocycles. The van der Waals surface area contributed by atoms with Gasteiger partial charge < -0.3 is 10.2 Å². The van der Waals surface area contributed by atoms with Gasteiger partial charge in [0.2, 0.25) is 5.91 Å². The molecule has 1 unspecified atom stereocenters. The first-order valence-electron chi connectivity index (χ1n) is 10.8. The fourth-order valence-corrected chi connectivity index (χ4v) is 5.70. The molecule has 1 aliphatic carbocycles. The molecule has 2 saturated heterocycles. The molecule has 5 rings (SSSR count). The summed E-state index contributed by atoms with van der Waals surface area (Å²) < 4.78 is 0. The van der Waals surface area contributed by atoms with Gasteiger partial charge in [0.1, 0.15) is 0 Å². The van der Waals surface area contributed by atoms with E-state index in [4.69, 9.17) is 0 Å². The number of hydrogen-bond donors (Lipinski definition) is 1. The molecular formula is C25H30N2O. The van der Waals surface area contributed by atoms with Crippen molar-refractivity contribution in [3.8, 4) is 0 Å². The largest absolute Gasteiger partial charge is 0.342 e. The van der Waals surface area contributed by atoms with Crippen molar-refractivity contribution in [3.05, 3.63) is 71.8 Å². The number of nitrogens with one attached hydrogen (secondary N) is 1. The van der Waals surface area contributed by atoms with Crippen LogP contribution in [-0.4, -0.2) is 37.0 Å². The topological polar surface area (TPSA) is 32.3 Å². The predicted molar refractivity (Wildman–Crippen MR) is 112 cm³/mol. The third kappa shape index (κ3) is 2.97. The van der Waals surface area contributed by atoms with Gasteiger partial charge in [-0.25, -0.2) is 0 Å². The Balaban J connectivity index is 1.32. The van der Waals surface area contributed by atoms with Gasteiger partial charge in [0, 0.05) is 25.6 Å². The fraction of sp³-hybridized carbons (Fsp3) is 0.480. The highest BCUT2D eigenvalue weighted by Crippen LogP contribution is 2.52. The van der Waals surface area contributed by atoms with E-state index in [9.17, 15) is 4.79 Å². The van der Waals surface area contributed by atoms with E-state index in [2.05, 4.69) is 64.8 Å². The minimum atomic E-state index is -0.223. The van der Waals surface area contributed by atoms with Crippen molar-refractivity contribution in [2.45, 2.75) is 43.4 Å². The zero-order valence-electron chi connectivity index (χ0n) is 16.6. The number of carbonyl (C=O) groups is 1. The lowest BCUT2D eigenvalue weighted by Gasteiger charge is -2.50. The van der Waals surface area contributed by atoms with Crippen molar-refractivity contribution in [2.24, 2.45) is 5.41 Å². The highest BCUT2D eigenvalue weighted by atomic mass is 16.2. The lowest BCUT2D eigenvalue weighted by Crippen LogP contribution is -2.52. The maximum Gasteiger partial charge on any atom is 0.233 e. The summed E-state index contributed by atoms with van der Waals surface area (Å²) in [6.45, 7) is 3.99. The maximum absolute atomic E-state index is 13.4. The zero-order valence-corrected chi connectivity index (χ0v) is 16.6. The van der Waals surface area contributed by atoms with Gasteiger partial charge in [0.25, 0.3) is 0 Å². The van der Waals surface area contributed by atoms with Crippen LogP contribution in [0.4, 0.5) is 0 Å². The van der Waals surface area contributed by atoms with E-state index >= 15 is 0 Å². The first-order chi connectivity index (χ1) is 13.7. The summed E-state index contributed by atoms with van der Waals surface area (Å²) in [6, 6.07) is 21.4. The molecule has 1 N–H and O–H groups in total. The molecule has 0 bridgehead atoms. The number of hydrogen-bond acceptors (Lipinski definition) is 2. The van der Waals surface area contributed by atoms with E-state index < -0.39 is 0 Å². The number of rotatable bonds is 3. The molecular weight excluding hydrogens is 344 g/mol. The average molecular weight is 375 g/mol. The van der Waals surface area contributed by atoms with E-state index in [-0.39, 0.29) is 5.41 Å². The van der Waals surface area contributed by atoms with Gasteiger partial charge in [-0.3, -0.25) is 4.79 Å². The molecule has 2 aromatic rings. The number of benzene rings is 2. The third-order valence-electron chi connectivity index (χ3n) is 7.62. The number of amides is 1. The Hall–Kier alpha value is -2.13. The summed E-state index contributed by atoms with van der Waals surface area (Å²) in [4.78, 5) is 15.6. The van der Waals surface area contributed by atoms with Crippen molar-refractivity contribution < 1.29 is 4.79 Å². The van der Waals surface area contributed by atoms with Crippen molar-refractivity contribution >= 4 is 5.91 Å². The first-order valence-corrected chi connectivity index (χ1v) is 10.8. The second-order valence-corrected chi connectivity index (χ2v) is 9.02. The van der Waals surface area contributed by atoms with Crippen molar-refractivity contribution in [2.75, 3.05) is 26.2 Å². The van der Waals surface area contributed by atoms with Gasteiger partial charge in [-0.05, 0) is 55.2 Å². The molecule has 1 atom stereocenters. The molecule has 1 spiro atoms. The van der Waals surface area contributed by atoms with Gasteiger partial charge in [-0.15, -0.1) is 0 Å². The van der Waals surface area contributed by atoms with Gasteiger partial charge in [0.15, 0.2) is 0 Å². The molecule has 3 aliphatic rings. The Morgan fingerprint density at radius 2 is 1.50 bits per heavy atom. The second-order valence-electron chi connectivity index (χ2n) is 9.02. The molecule has 28 heavy (non-hydrogen) atoms. The van der Waals surface area contributed by atoms with Gasteiger partial charge in [0.05, 0.1) is 5.41 Å². The average Bonchev–Trinajstić information content (AvgIpc) is 3.58. The van der Waals surface area contributed by atoms with E-state index in [0.717, 1.165) is 51.9 Å². The molecule has 3 nitrogen and oxygen atoms in total. The highest BCUT2D eigenvalue weighted by Gasteiger charge is 2.54. The van der Waals surface area contributed by atoms with Crippen LogP contribution in [0.5, 0.6) is 0 Å². The molecule has 2 heterocycles. The Morgan fingerprint density at radius 3 is 2.14 bits per heavy atom. The summed E-state index contributed by atoms with van der Waals surface area (Å²) >= 11 is 0. The number of piperidine rings is 2. The summed E-state index contributed by atoms with van der Waals surface area (Å²) in [7, 11) is 0. The Bertz CT molecular complexity index is 820. The highest BCUT2D eigenvalue weighted by molar-refractivity contribution is 5.91. The number of carbonyl (C=O) groups excluding carboxylic acids is 1. The van der Waals surface area contributed by atoms with Crippen LogP contribution in [0.15, 0.2) is 60.7 Å². The first kappa shape index (κ1) is 17.9. The van der Waals surface area contributed by atoms with Crippen LogP contribution in [0, 0.1) is 5.41 Å². The molecule has 0 aromatic heterocycles. The number of nitrogens with zero attached hydrogens (tertiary/aromatic N) is 1. The van der Waals surface area contributed by atoms with Crippen LogP contribution in [0.2, 0.25) is 0 Å². The summed E-state index contributed by atoms with van der Waals surface area (Å²) in [5, 5.41) is 3.61. The lowest BCUT2D eigenvalue weighted by molar-refractivity contribution is -0.137. The van der Waals surface area contributed by atoms with E-state index in [1.165, 1.54) is 17.5 Å². The second kappa shape index (κ2) is 7.04. The van der Waals surface area contributed by atoms with Crippen LogP contribution < -0.4 is 5.32 Å². The maximum atomic E-state index is 13.4. The zero-order chi connectivity index (χ0) is 19.0. The summed E-state index contributed by atoms with van der Waals surface area (Å²) in [5.41, 5.74) is 2.78. The standard InChI is InChI=1S/C25H30N2O/c28-23(25(11-12-25)21-9-5-2-6-10-21)27-17-14-24(15-18-27)13-16-26-19-22(24)20-7-3-1-4-8-20/h1-10,22,26H,11-19H2. The van der Waals surface area contributed by atoms with Crippen LogP contribution in [-0.2, 0) is 10.2 Å². The smallest absolute Gasteiger partial charge is 0.233 e. The Morgan fingerprint density at radius 1 is 0.857 bits per heavy atom. The molecule has 2 aliphatic heterocycles. The normalized spacial score (nSPS) is 25.4. The van der Waals surface area contributed by atoms with E-state index in [0.29, 0.717) is 17.2 Å². The monoisotopic (exact) mass is 374 g/mol. The van der Waals surface area contributed by atoms with Gasteiger partial charge in [-0.1, -0.05) is 60.7 Å². The predicted octanol–water partition coefficient (Wildman–Crippen LogP) is 4.10. The quantitative estimate of drug-likeness (QED) is 0.877. The SMILES string of the molecule is O=C(N1CCC2(CCNCC2c2ccccc2)CC1)C1(c2ccccc2)CC1. The van der Waals surface area contributed by atoms with Crippen molar-refractivity contribution in [1.29, 1.82) is 0 Å². The molecule has 3 heteroatoms. The minimum Gasteiger partial charge on any atom is -0.342 e. The minimum absolute atomic E-state index is 0.223. The Kier molecular flexibility index (Phi) is 4.51. The lowest BCUT2D eigenvalue weighted by atomic mass is 9.62. The Labute approximate surface area is 168 Å². The molecule has 3 fully saturated rings. The van der Waals surface area contributed by atoms with Crippen molar-refractivity contribution in [3.63, 3.8) is 0 Å². The molecule has 0 radical (unpaired) electrons.